The first-order valence-corrected chi connectivity index (χ1v) is 5.73. The Morgan fingerprint density at radius 1 is 1.47 bits per heavy atom. The van der Waals surface area contributed by atoms with Gasteiger partial charge in [0.2, 0.25) is 0 Å². The van der Waals surface area contributed by atoms with Gasteiger partial charge >= 0.3 is 5.97 Å². The average molecular weight is 268 g/mol. The van der Waals surface area contributed by atoms with Gasteiger partial charge in [0.15, 0.2) is 0 Å². The van der Waals surface area contributed by atoms with Gasteiger partial charge in [0.05, 0.1) is 24.7 Å². The van der Waals surface area contributed by atoms with E-state index < -0.39 is 12.4 Å². The minimum absolute atomic E-state index is 0.0851. The first kappa shape index (κ1) is 15.1. The van der Waals surface area contributed by atoms with Gasteiger partial charge in [-0.2, -0.15) is 5.26 Å². The molecular weight excluding hydrogens is 254 g/mol. The maximum Gasteiger partial charge on any atom is 0.310 e. The molecular formula is C13H14F2N2O2. The highest BCUT2D eigenvalue weighted by Crippen LogP contribution is 2.28. The third-order valence-corrected chi connectivity index (χ3v) is 2.65. The van der Waals surface area contributed by atoms with Crippen LogP contribution in [0.2, 0.25) is 0 Å². The van der Waals surface area contributed by atoms with Crippen molar-refractivity contribution in [3.8, 4) is 6.07 Å². The Kier molecular flexibility index (Phi) is 5.39. The molecule has 2 N–H and O–H groups in total. The van der Waals surface area contributed by atoms with Gasteiger partial charge < -0.3 is 10.5 Å². The lowest BCUT2D eigenvalue weighted by molar-refractivity contribution is -0.142. The van der Waals surface area contributed by atoms with Crippen LogP contribution in [0.15, 0.2) is 12.1 Å². The van der Waals surface area contributed by atoms with E-state index in [1.54, 1.807) is 6.92 Å². The van der Waals surface area contributed by atoms with E-state index in [-0.39, 0.29) is 41.8 Å². The largest absolute Gasteiger partial charge is 0.466 e. The van der Waals surface area contributed by atoms with E-state index in [2.05, 4.69) is 0 Å². The molecule has 6 heteroatoms. The topological polar surface area (TPSA) is 76.1 Å². The van der Waals surface area contributed by atoms with Crippen LogP contribution in [0.5, 0.6) is 0 Å². The van der Waals surface area contributed by atoms with Gasteiger partial charge in [0, 0.05) is 12.1 Å². The number of benzene rings is 1. The van der Waals surface area contributed by atoms with Crippen molar-refractivity contribution in [3.05, 3.63) is 34.4 Å². The lowest BCUT2D eigenvalue weighted by Crippen LogP contribution is -2.14. The Hall–Kier alpha value is -2.00. The molecule has 0 heterocycles. The number of hydrogen-bond acceptors (Lipinski definition) is 4. The van der Waals surface area contributed by atoms with Crippen LogP contribution >= 0.6 is 0 Å². The van der Waals surface area contributed by atoms with Crippen molar-refractivity contribution in [2.24, 2.45) is 5.73 Å². The quantitative estimate of drug-likeness (QED) is 0.829. The number of carbonyl (C=O) groups is 1. The number of alkyl halides is 2. The van der Waals surface area contributed by atoms with Crippen LogP contribution in [0.4, 0.5) is 8.78 Å². The molecule has 102 valence electrons. The van der Waals surface area contributed by atoms with Crippen molar-refractivity contribution in [2.45, 2.75) is 26.3 Å². The number of nitrogens with zero attached hydrogens (tertiary/aromatic N) is 1. The monoisotopic (exact) mass is 268 g/mol. The number of halogens is 2. The summed E-state index contributed by atoms with van der Waals surface area (Å²) in [6.45, 7) is 1.71. The fraction of sp³-hybridized carbons (Fsp3) is 0.385. The molecule has 1 aromatic carbocycles. The van der Waals surface area contributed by atoms with Crippen LogP contribution in [-0.4, -0.2) is 12.6 Å². The van der Waals surface area contributed by atoms with Gasteiger partial charge in [-0.25, -0.2) is 8.78 Å². The number of nitriles is 1. The molecule has 0 aliphatic carbocycles. The van der Waals surface area contributed by atoms with Gasteiger partial charge in [0.25, 0.3) is 6.43 Å². The molecule has 1 aromatic rings. The molecule has 0 saturated carbocycles. The zero-order chi connectivity index (χ0) is 14.4. The molecule has 0 fully saturated rings. The zero-order valence-corrected chi connectivity index (χ0v) is 10.5. The van der Waals surface area contributed by atoms with Crippen molar-refractivity contribution in [2.75, 3.05) is 6.61 Å². The van der Waals surface area contributed by atoms with E-state index in [0.29, 0.717) is 0 Å². The molecule has 0 amide bonds. The molecule has 0 unspecified atom stereocenters. The Labute approximate surface area is 109 Å². The van der Waals surface area contributed by atoms with Gasteiger partial charge in [-0.05, 0) is 24.1 Å². The third kappa shape index (κ3) is 3.48. The maximum atomic E-state index is 12.9. The summed E-state index contributed by atoms with van der Waals surface area (Å²) in [5.41, 5.74) is 5.78. The standard InChI is InChI=1S/C13H14F2N2O2/c1-2-19-12(18)5-10-9(13(14)15)4-3-8(6-16)11(10)7-17/h3-4,13H,2,5,7,17H2,1H3. The summed E-state index contributed by atoms with van der Waals surface area (Å²) in [5, 5.41) is 8.93. The number of carbonyl (C=O) groups excluding carboxylic acids is 1. The first-order valence-electron chi connectivity index (χ1n) is 5.73. The molecule has 1 rings (SSSR count). The van der Waals surface area contributed by atoms with Crippen molar-refractivity contribution in [1.29, 1.82) is 5.26 Å². The van der Waals surface area contributed by atoms with Gasteiger partial charge in [0.1, 0.15) is 0 Å². The molecule has 0 atom stereocenters. The predicted octanol–water partition coefficient (Wildman–Crippen LogP) is 2.06. The van der Waals surface area contributed by atoms with Crippen molar-refractivity contribution in [1.82, 2.24) is 0 Å². The summed E-state index contributed by atoms with van der Waals surface area (Å²) in [7, 11) is 0. The number of rotatable bonds is 5. The van der Waals surface area contributed by atoms with Crippen LogP contribution in [-0.2, 0) is 22.5 Å². The van der Waals surface area contributed by atoms with Crippen LogP contribution in [0.25, 0.3) is 0 Å². The molecule has 0 aromatic heterocycles. The summed E-state index contributed by atoms with van der Waals surface area (Å²) < 4.78 is 30.6. The number of esters is 1. The summed E-state index contributed by atoms with van der Waals surface area (Å²) in [4.78, 5) is 11.5. The second-order valence-corrected chi connectivity index (χ2v) is 3.76. The fourth-order valence-electron chi connectivity index (χ4n) is 1.82. The smallest absolute Gasteiger partial charge is 0.310 e. The molecule has 0 saturated heterocycles. The molecule has 4 nitrogen and oxygen atoms in total. The molecule has 0 bridgehead atoms. The summed E-state index contributed by atoms with van der Waals surface area (Å²) >= 11 is 0. The summed E-state index contributed by atoms with van der Waals surface area (Å²) in [5.74, 6) is -0.616. The van der Waals surface area contributed by atoms with Crippen molar-refractivity contribution >= 4 is 5.97 Å². The van der Waals surface area contributed by atoms with E-state index in [1.165, 1.54) is 6.07 Å². The highest BCUT2D eigenvalue weighted by atomic mass is 19.3. The second kappa shape index (κ2) is 6.81. The SMILES string of the molecule is CCOC(=O)Cc1c(C(F)F)ccc(C#N)c1CN. The summed E-state index contributed by atoms with van der Waals surface area (Å²) in [6, 6.07) is 4.32. The van der Waals surface area contributed by atoms with E-state index >= 15 is 0 Å². The average Bonchev–Trinajstić information content (AvgIpc) is 2.37. The number of ether oxygens (including phenoxy) is 1. The van der Waals surface area contributed by atoms with Crippen molar-refractivity contribution < 1.29 is 18.3 Å². The molecule has 0 aliphatic rings. The Morgan fingerprint density at radius 3 is 2.63 bits per heavy atom. The van der Waals surface area contributed by atoms with Crippen molar-refractivity contribution in [3.63, 3.8) is 0 Å². The molecule has 0 radical (unpaired) electrons. The lowest BCUT2D eigenvalue weighted by atomic mass is 9.94. The van der Waals surface area contributed by atoms with E-state index in [9.17, 15) is 13.6 Å². The number of nitrogens with two attached hydrogens (primary N) is 1. The minimum atomic E-state index is -2.73. The van der Waals surface area contributed by atoms with Gasteiger partial charge in [-0.15, -0.1) is 0 Å². The predicted molar refractivity (Wildman–Crippen MR) is 64.3 cm³/mol. The maximum absolute atomic E-state index is 12.9. The van der Waals surface area contributed by atoms with Crippen LogP contribution in [0, 0.1) is 11.3 Å². The van der Waals surface area contributed by atoms with E-state index in [0.717, 1.165) is 6.07 Å². The Morgan fingerprint density at radius 2 is 2.16 bits per heavy atom. The lowest BCUT2D eigenvalue weighted by Gasteiger charge is -2.14. The Bertz CT molecular complexity index is 510. The van der Waals surface area contributed by atoms with Crippen LogP contribution in [0.3, 0.4) is 0 Å². The fourth-order valence-corrected chi connectivity index (χ4v) is 1.82. The third-order valence-electron chi connectivity index (χ3n) is 2.65. The zero-order valence-electron chi connectivity index (χ0n) is 10.5. The summed E-state index contributed by atoms with van der Waals surface area (Å²) in [6.07, 6.45) is -3.04. The Balaban J connectivity index is 3.30. The number of hydrogen-bond donors (Lipinski definition) is 1. The van der Waals surface area contributed by atoms with Crippen LogP contribution < -0.4 is 5.73 Å². The van der Waals surface area contributed by atoms with Gasteiger partial charge in [-0.1, -0.05) is 6.07 Å². The first-order chi connectivity index (χ1) is 9.04. The normalized spacial score (nSPS) is 10.3. The van der Waals surface area contributed by atoms with E-state index in [4.69, 9.17) is 15.7 Å². The minimum Gasteiger partial charge on any atom is -0.466 e. The highest BCUT2D eigenvalue weighted by Gasteiger charge is 2.21. The van der Waals surface area contributed by atoms with E-state index in [1.807, 2.05) is 6.07 Å². The molecule has 0 aliphatic heterocycles. The van der Waals surface area contributed by atoms with Crippen LogP contribution in [0.1, 0.15) is 35.6 Å². The second-order valence-electron chi connectivity index (χ2n) is 3.76. The molecule has 19 heavy (non-hydrogen) atoms. The van der Waals surface area contributed by atoms with Gasteiger partial charge in [-0.3, -0.25) is 4.79 Å². The molecule has 0 spiro atoms. The highest BCUT2D eigenvalue weighted by molar-refractivity contribution is 5.74.